The van der Waals surface area contributed by atoms with Crippen LogP contribution in [0.1, 0.15) is 41.3 Å². The minimum atomic E-state index is 0.0815. The summed E-state index contributed by atoms with van der Waals surface area (Å²) in [6.45, 7) is 9.86. The maximum Gasteiger partial charge on any atom is 0.260 e. The number of guanidine groups is 1. The summed E-state index contributed by atoms with van der Waals surface area (Å²) in [4.78, 5) is 21.6. The van der Waals surface area contributed by atoms with Crippen molar-refractivity contribution >= 4 is 11.9 Å². The van der Waals surface area contributed by atoms with Crippen molar-refractivity contribution in [2.75, 3.05) is 26.2 Å². The largest absolute Gasteiger partial charge is 0.342 e. The fourth-order valence-corrected chi connectivity index (χ4v) is 3.14. The number of benzene rings is 1. The molecule has 1 fully saturated rings. The first-order valence-corrected chi connectivity index (χ1v) is 8.25. The summed E-state index contributed by atoms with van der Waals surface area (Å²) in [5, 5.41) is 0. The Hall–Kier alpha value is -1.84. The van der Waals surface area contributed by atoms with E-state index >= 15 is 0 Å². The van der Waals surface area contributed by atoms with Gasteiger partial charge in [-0.05, 0) is 55.9 Å². The smallest absolute Gasteiger partial charge is 0.260 e. The van der Waals surface area contributed by atoms with Crippen LogP contribution in [-0.2, 0) is 0 Å². The van der Waals surface area contributed by atoms with Gasteiger partial charge in [0.15, 0.2) is 0 Å². The fourth-order valence-electron chi connectivity index (χ4n) is 3.14. The average Bonchev–Trinajstić information content (AvgIpc) is 2.99. The summed E-state index contributed by atoms with van der Waals surface area (Å²) in [7, 11) is 0. The summed E-state index contributed by atoms with van der Waals surface area (Å²) in [6.07, 6.45) is 2.37. The summed E-state index contributed by atoms with van der Waals surface area (Å²) in [5.41, 5.74) is 3.15. The Labute approximate surface area is 132 Å². The topological polar surface area (TPSA) is 35.9 Å². The molecule has 118 valence electrons. The molecule has 4 heteroatoms. The first-order chi connectivity index (χ1) is 10.6. The van der Waals surface area contributed by atoms with E-state index in [1.165, 1.54) is 18.4 Å². The monoisotopic (exact) mass is 299 g/mol. The Balaban J connectivity index is 1.77. The van der Waals surface area contributed by atoms with Crippen LogP contribution < -0.4 is 0 Å². The number of amides is 1. The van der Waals surface area contributed by atoms with Gasteiger partial charge in [0, 0.05) is 25.2 Å². The summed E-state index contributed by atoms with van der Waals surface area (Å²) < 4.78 is 0. The molecular formula is C18H25N3O. The minimum absolute atomic E-state index is 0.0815. The lowest BCUT2D eigenvalue weighted by Gasteiger charge is -2.34. The highest BCUT2D eigenvalue weighted by Gasteiger charge is 2.30. The number of aliphatic imine (C=N–C) groups is 1. The molecule has 22 heavy (non-hydrogen) atoms. The number of nitrogens with zero attached hydrogens (tertiary/aromatic N) is 3. The molecule has 4 nitrogen and oxygen atoms in total. The van der Waals surface area contributed by atoms with Crippen molar-refractivity contribution in [2.24, 2.45) is 10.9 Å². The van der Waals surface area contributed by atoms with Crippen molar-refractivity contribution in [1.29, 1.82) is 0 Å². The zero-order valence-electron chi connectivity index (χ0n) is 13.8. The Morgan fingerprint density at radius 2 is 1.86 bits per heavy atom. The van der Waals surface area contributed by atoms with Crippen molar-refractivity contribution in [3.8, 4) is 0 Å². The Morgan fingerprint density at radius 1 is 1.14 bits per heavy atom. The molecular weight excluding hydrogens is 274 g/mol. The number of carbonyl (C=O) groups is 1. The van der Waals surface area contributed by atoms with E-state index in [-0.39, 0.29) is 5.91 Å². The van der Waals surface area contributed by atoms with Gasteiger partial charge >= 0.3 is 0 Å². The zero-order chi connectivity index (χ0) is 15.7. The van der Waals surface area contributed by atoms with Crippen LogP contribution in [0.15, 0.2) is 23.2 Å². The van der Waals surface area contributed by atoms with Crippen LogP contribution in [-0.4, -0.2) is 47.8 Å². The number of rotatable bonds is 1. The van der Waals surface area contributed by atoms with Gasteiger partial charge in [-0.3, -0.25) is 14.7 Å². The second-order valence-corrected chi connectivity index (χ2v) is 6.61. The second-order valence-electron chi connectivity index (χ2n) is 6.61. The van der Waals surface area contributed by atoms with E-state index in [2.05, 4.69) is 30.7 Å². The molecule has 0 unspecified atom stereocenters. The van der Waals surface area contributed by atoms with E-state index in [9.17, 15) is 4.79 Å². The Bertz CT molecular complexity index is 600. The van der Waals surface area contributed by atoms with Gasteiger partial charge in [-0.2, -0.15) is 0 Å². The van der Waals surface area contributed by atoms with Crippen LogP contribution in [0.3, 0.4) is 0 Å². The first kappa shape index (κ1) is 15.1. The molecule has 0 spiro atoms. The number of aryl methyl sites for hydroxylation is 2. The van der Waals surface area contributed by atoms with Crippen molar-refractivity contribution in [2.45, 2.75) is 33.6 Å². The highest BCUT2D eigenvalue weighted by Crippen LogP contribution is 2.20. The van der Waals surface area contributed by atoms with Crippen LogP contribution in [0.2, 0.25) is 0 Å². The van der Waals surface area contributed by atoms with Crippen molar-refractivity contribution < 1.29 is 4.79 Å². The molecule has 0 radical (unpaired) electrons. The molecule has 3 rings (SSSR count). The molecule has 0 atom stereocenters. The number of likely N-dealkylation sites (tertiary alicyclic amines) is 1. The van der Waals surface area contributed by atoms with Crippen molar-refractivity contribution in [3.63, 3.8) is 0 Å². The van der Waals surface area contributed by atoms with E-state index < -0.39 is 0 Å². The lowest BCUT2D eigenvalue weighted by atomic mass is 9.99. The van der Waals surface area contributed by atoms with E-state index in [0.717, 1.165) is 42.6 Å². The molecule has 0 saturated carbocycles. The van der Waals surface area contributed by atoms with Gasteiger partial charge in [-0.25, -0.2) is 0 Å². The molecule has 0 N–H and O–H groups in total. The Kier molecular flexibility index (Phi) is 4.19. The van der Waals surface area contributed by atoms with E-state index in [4.69, 9.17) is 0 Å². The van der Waals surface area contributed by atoms with Gasteiger partial charge in [-0.15, -0.1) is 0 Å². The number of hydrogen-bond donors (Lipinski definition) is 0. The van der Waals surface area contributed by atoms with E-state index in [1.54, 1.807) is 0 Å². The van der Waals surface area contributed by atoms with E-state index in [1.807, 2.05) is 23.1 Å². The van der Waals surface area contributed by atoms with Crippen molar-refractivity contribution in [3.05, 3.63) is 34.9 Å². The average molecular weight is 299 g/mol. The first-order valence-electron chi connectivity index (χ1n) is 8.25. The predicted octanol–water partition coefficient (Wildman–Crippen LogP) is 2.85. The number of hydrogen-bond acceptors (Lipinski definition) is 3. The quantitative estimate of drug-likeness (QED) is 0.799. The minimum Gasteiger partial charge on any atom is -0.342 e. The third-order valence-electron chi connectivity index (χ3n) is 4.88. The maximum atomic E-state index is 12.8. The molecule has 1 aromatic carbocycles. The zero-order valence-corrected chi connectivity index (χ0v) is 13.8. The maximum absolute atomic E-state index is 12.8. The molecule has 1 saturated heterocycles. The van der Waals surface area contributed by atoms with Gasteiger partial charge in [-0.1, -0.05) is 13.0 Å². The highest BCUT2D eigenvalue weighted by atomic mass is 16.2. The summed E-state index contributed by atoms with van der Waals surface area (Å²) in [6, 6.07) is 5.95. The van der Waals surface area contributed by atoms with Gasteiger partial charge in [0.05, 0.1) is 6.54 Å². The van der Waals surface area contributed by atoms with Crippen LogP contribution in [0.25, 0.3) is 0 Å². The van der Waals surface area contributed by atoms with Crippen LogP contribution >= 0.6 is 0 Å². The molecule has 2 aliphatic rings. The molecule has 2 heterocycles. The lowest BCUT2D eigenvalue weighted by molar-refractivity contribution is 0.0839. The van der Waals surface area contributed by atoms with Crippen LogP contribution in [0.5, 0.6) is 0 Å². The standard InChI is InChI=1S/C18H25N3O/c1-13-6-9-20(10-7-13)18-19-8-11-21(18)17(22)16-5-4-14(2)15(3)12-16/h4-5,12-13H,6-11H2,1-3H3. The number of piperidine rings is 1. The van der Waals surface area contributed by atoms with Gasteiger partial charge in [0.1, 0.15) is 0 Å². The third-order valence-corrected chi connectivity index (χ3v) is 4.88. The van der Waals surface area contributed by atoms with Crippen LogP contribution in [0.4, 0.5) is 0 Å². The van der Waals surface area contributed by atoms with E-state index in [0.29, 0.717) is 6.54 Å². The summed E-state index contributed by atoms with van der Waals surface area (Å²) in [5.74, 6) is 1.75. The molecule has 2 aliphatic heterocycles. The predicted molar refractivity (Wildman–Crippen MR) is 89.2 cm³/mol. The third kappa shape index (κ3) is 2.87. The molecule has 0 aromatic heterocycles. The highest BCUT2D eigenvalue weighted by molar-refractivity contribution is 6.06. The normalized spacial score (nSPS) is 19.5. The second kappa shape index (κ2) is 6.11. The summed E-state index contributed by atoms with van der Waals surface area (Å²) >= 11 is 0. The molecule has 1 amide bonds. The molecule has 1 aromatic rings. The van der Waals surface area contributed by atoms with Gasteiger partial charge in [0.2, 0.25) is 5.96 Å². The molecule has 0 aliphatic carbocycles. The van der Waals surface area contributed by atoms with Crippen molar-refractivity contribution in [1.82, 2.24) is 9.80 Å². The van der Waals surface area contributed by atoms with Crippen LogP contribution in [0, 0.1) is 19.8 Å². The number of carbonyl (C=O) groups excluding carboxylic acids is 1. The van der Waals surface area contributed by atoms with Gasteiger partial charge < -0.3 is 4.90 Å². The van der Waals surface area contributed by atoms with Gasteiger partial charge in [0.25, 0.3) is 5.91 Å². The molecule has 0 bridgehead atoms. The fraction of sp³-hybridized carbons (Fsp3) is 0.556. The Morgan fingerprint density at radius 3 is 2.55 bits per heavy atom. The lowest BCUT2D eigenvalue weighted by Crippen LogP contribution is -2.47. The SMILES string of the molecule is Cc1ccc(C(=O)N2CCN=C2N2CCC(C)CC2)cc1C.